The third-order valence-corrected chi connectivity index (χ3v) is 9.77. The minimum Gasteiger partial charge on any atom is -0.508 e. The number of phenolic OH excluding ortho intramolecular Hbond substituents is 1. The van der Waals surface area contributed by atoms with Crippen molar-refractivity contribution in [2.75, 3.05) is 11.5 Å². The Kier molecular flexibility index (Phi) is 9.69. The van der Waals surface area contributed by atoms with Crippen LogP contribution in [0, 0.1) is 17.8 Å². The number of benzene rings is 3. The topological polar surface area (TPSA) is 150 Å². The van der Waals surface area contributed by atoms with Crippen molar-refractivity contribution in [2.24, 2.45) is 17.8 Å². The molecule has 4 atom stereocenters. The maximum absolute atomic E-state index is 14.2. The van der Waals surface area contributed by atoms with Crippen LogP contribution in [0.5, 0.6) is 11.5 Å². The van der Waals surface area contributed by atoms with Crippen LogP contribution in [0.15, 0.2) is 114 Å². The number of amides is 2. The Labute approximate surface area is 290 Å². The normalized spacial score (nSPS) is 22.0. The Morgan fingerprint density at radius 1 is 0.960 bits per heavy atom. The molecule has 50 heavy (non-hydrogen) atoms. The fraction of sp³-hybridized carbons (Fsp3) is 0.237. The van der Waals surface area contributed by atoms with Gasteiger partial charge in [0, 0.05) is 6.20 Å². The summed E-state index contributed by atoms with van der Waals surface area (Å²) >= 11 is 0. The van der Waals surface area contributed by atoms with E-state index in [9.17, 15) is 29.8 Å². The predicted molar refractivity (Wildman–Crippen MR) is 190 cm³/mol. The van der Waals surface area contributed by atoms with Gasteiger partial charge in [0.25, 0.3) is 0 Å². The van der Waals surface area contributed by atoms with Crippen molar-refractivity contribution in [2.45, 2.75) is 31.7 Å². The van der Waals surface area contributed by atoms with Crippen molar-refractivity contribution in [3.63, 3.8) is 0 Å². The summed E-state index contributed by atoms with van der Waals surface area (Å²) in [5.41, 5.74) is 4.62. The molecule has 0 spiro atoms. The number of para-hydroxylation sites is 1. The number of phenols is 1. The van der Waals surface area contributed by atoms with E-state index in [1.54, 1.807) is 36.5 Å². The van der Waals surface area contributed by atoms with Crippen molar-refractivity contribution in [3.05, 3.63) is 126 Å². The van der Waals surface area contributed by atoms with Gasteiger partial charge < -0.3 is 29.6 Å². The number of aromatic hydroxyl groups is 1. The van der Waals surface area contributed by atoms with Gasteiger partial charge in [0.15, 0.2) is 0 Å². The minimum absolute atomic E-state index is 0.135. The average Bonchev–Trinajstić information content (AvgIpc) is 3.38. The third-order valence-electron chi connectivity index (χ3n) is 9.77. The van der Waals surface area contributed by atoms with E-state index in [-0.39, 0.29) is 48.1 Å². The van der Waals surface area contributed by atoms with Crippen molar-refractivity contribution in [1.82, 2.24) is 4.98 Å². The van der Waals surface area contributed by atoms with Crippen molar-refractivity contribution in [3.8, 4) is 11.5 Å². The molecule has 0 bridgehead atoms. The SMILES string of the molecule is O=C1[C@@H]2[C@@H](CC(COc3ccccc3)=C3[C@@H](CC/C(=C/c4cccc(O)c4)c4ccccn4)OB(O)C[C@@H]32)C(=O)N1c1cccc(B(O)O)c1. The maximum atomic E-state index is 14.2. The molecule has 3 aliphatic rings. The number of anilines is 1. The number of carbonyl (C=O) groups is 2. The molecule has 252 valence electrons. The molecular weight excluding hydrogens is 634 g/mol. The van der Waals surface area contributed by atoms with Gasteiger partial charge in [-0.1, -0.05) is 48.5 Å². The number of aromatic nitrogens is 1. The number of hydrogen-bond acceptors (Lipinski definition) is 9. The Hall–Kier alpha value is -5.00. The summed E-state index contributed by atoms with van der Waals surface area (Å²) in [5, 5.41) is 40.8. The van der Waals surface area contributed by atoms with Gasteiger partial charge in [0.05, 0.1) is 29.3 Å². The first-order valence-electron chi connectivity index (χ1n) is 16.7. The van der Waals surface area contributed by atoms with Gasteiger partial charge in [-0.15, -0.1) is 0 Å². The lowest BCUT2D eigenvalue weighted by molar-refractivity contribution is -0.122. The third kappa shape index (κ3) is 6.88. The number of rotatable bonds is 10. The first-order valence-corrected chi connectivity index (χ1v) is 16.7. The van der Waals surface area contributed by atoms with E-state index in [2.05, 4.69) is 4.98 Å². The lowest BCUT2D eigenvalue weighted by Gasteiger charge is -2.43. The summed E-state index contributed by atoms with van der Waals surface area (Å²) in [5.74, 6) is -1.86. The molecule has 10 nitrogen and oxygen atoms in total. The highest BCUT2D eigenvalue weighted by Crippen LogP contribution is 2.51. The molecule has 0 unspecified atom stereocenters. The largest absolute Gasteiger partial charge is 0.508 e. The summed E-state index contributed by atoms with van der Waals surface area (Å²) in [6.45, 7) is 0.176. The maximum Gasteiger partial charge on any atom is 0.488 e. The quantitative estimate of drug-likeness (QED) is 0.112. The van der Waals surface area contributed by atoms with Gasteiger partial charge in [-0.25, -0.2) is 0 Å². The van der Waals surface area contributed by atoms with E-state index in [4.69, 9.17) is 9.39 Å². The van der Waals surface area contributed by atoms with Gasteiger partial charge in [-0.3, -0.25) is 19.5 Å². The first kappa shape index (κ1) is 33.5. The summed E-state index contributed by atoms with van der Waals surface area (Å²) in [4.78, 5) is 34.0. The molecule has 4 aromatic rings. The van der Waals surface area contributed by atoms with Crippen LogP contribution >= 0.6 is 0 Å². The second-order valence-electron chi connectivity index (χ2n) is 12.9. The van der Waals surface area contributed by atoms with Crippen molar-refractivity contribution < 1.29 is 39.2 Å². The van der Waals surface area contributed by atoms with Crippen LogP contribution in [0.25, 0.3) is 11.6 Å². The zero-order valence-corrected chi connectivity index (χ0v) is 27.2. The number of pyridine rings is 1. The minimum atomic E-state index is -1.76. The highest BCUT2D eigenvalue weighted by molar-refractivity contribution is 6.58. The highest BCUT2D eigenvalue weighted by Gasteiger charge is 2.57. The van der Waals surface area contributed by atoms with E-state index < -0.39 is 38.1 Å². The van der Waals surface area contributed by atoms with Crippen LogP contribution in [0.4, 0.5) is 5.69 Å². The summed E-state index contributed by atoms with van der Waals surface area (Å²) in [6.07, 6.45) is 4.45. The van der Waals surface area contributed by atoms with Gasteiger partial charge in [-0.05, 0) is 114 Å². The number of carbonyl (C=O) groups excluding carboxylic acids is 2. The molecule has 12 heteroatoms. The monoisotopic (exact) mass is 670 g/mol. The van der Waals surface area contributed by atoms with Gasteiger partial charge >= 0.3 is 14.2 Å². The molecule has 2 aliphatic heterocycles. The smallest absolute Gasteiger partial charge is 0.488 e. The van der Waals surface area contributed by atoms with Gasteiger partial charge in [-0.2, -0.15) is 0 Å². The Bertz CT molecular complexity index is 1940. The molecule has 7 rings (SSSR count). The van der Waals surface area contributed by atoms with Crippen LogP contribution < -0.4 is 15.1 Å². The Balaban J connectivity index is 1.24. The molecule has 1 aromatic heterocycles. The fourth-order valence-corrected chi connectivity index (χ4v) is 7.59. The Morgan fingerprint density at radius 3 is 2.52 bits per heavy atom. The van der Waals surface area contributed by atoms with Crippen LogP contribution in [-0.2, 0) is 14.2 Å². The van der Waals surface area contributed by atoms with Crippen LogP contribution in [0.1, 0.15) is 30.5 Å². The molecule has 3 aromatic carbocycles. The molecule has 0 radical (unpaired) electrons. The highest BCUT2D eigenvalue weighted by atomic mass is 16.5. The van der Waals surface area contributed by atoms with E-state index in [1.165, 1.54) is 12.1 Å². The van der Waals surface area contributed by atoms with Crippen LogP contribution in [0.3, 0.4) is 0 Å². The summed E-state index contributed by atoms with van der Waals surface area (Å²) < 4.78 is 12.5. The van der Waals surface area contributed by atoms with Crippen LogP contribution in [-0.4, -0.2) is 63.9 Å². The summed E-state index contributed by atoms with van der Waals surface area (Å²) in [6, 6.07) is 28.1. The molecule has 2 amide bonds. The van der Waals surface area contributed by atoms with E-state index in [0.29, 0.717) is 18.6 Å². The lowest BCUT2D eigenvalue weighted by atomic mass is 9.58. The number of allylic oxidation sites excluding steroid dienone is 1. The number of imide groups is 1. The number of hydrogen-bond donors (Lipinski definition) is 4. The number of ether oxygens (including phenoxy) is 1. The van der Waals surface area contributed by atoms with E-state index >= 15 is 0 Å². The predicted octanol–water partition coefficient (Wildman–Crippen LogP) is 3.87. The molecule has 0 saturated carbocycles. The van der Waals surface area contributed by atoms with Crippen LogP contribution in [0.2, 0.25) is 6.32 Å². The van der Waals surface area contributed by atoms with Gasteiger partial charge in [0.1, 0.15) is 18.1 Å². The van der Waals surface area contributed by atoms with E-state index in [1.807, 2.05) is 60.7 Å². The molecule has 1 aliphatic carbocycles. The van der Waals surface area contributed by atoms with Gasteiger partial charge in [0.2, 0.25) is 11.8 Å². The number of fused-ring (bicyclic) bond motifs is 3. The molecule has 4 N–H and O–H groups in total. The lowest BCUT2D eigenvalue weighted by Crippen LogP contribution is -2.46. The van der Waals surface area contributed by atoms with Crippen molar-refractivity contribution >= 4 is 48.9 Å². The first-order chi connectivity index (χ1) is 24.3. The second kappa shape index (κ2) is 14.5. The zero-order chi connectivity index (χ0) is 34.8. The molecule has 2 fully saturated rings. The summed E-state index contributed by atoms with van der Waals surface area (Å²) in [7, 11) is -2.92. The molecular formula is C38H36B2N2O8. The standard InChI is InChI=1S/C38H36B2N2O8/c43-29-11-6-8-24(19-29)18-25(33-14-4-5-17-41-33)15-16-34-35-26(23-49-30-12-2-1-3-13-30)20-31-36(32(35)22-39(46)50-34)38(45)42(37(31)44)28-10-7-9-27(21-28)40(47)48/h1-14,17-19,21,31-32,34,36,43,46-48H,15-16,20,22-23H2/b25-18-/t31-,32+,34-,36-/m1/s1. The van der Waals surface area contributed by atoms with Crippen molar-refractivity contribution in [1.29, 1.82) is 0 Å². The number of nitrogens with zero attached hydrogens (tertiary/aromatic N) is 2. The Morgan fingerprint density at radius 2 is 1.76 bits per heavy atom. The average molecular weight is 670 g/mol. The fourth-order valence-electron chi connectivity index (χ4n) is 7.59. The van der Waals surface area contributed by atoms with E-state index in [0.717, 1.165) is 32.9 Å². The second-order valence-corrected chi connectivity index (χ2v) is 12.9. The molecule has 3 heterocycles. The molecule has 2 saturated heterocycles. The zero-order valence-electron chi connectivity index (χ0n) is 27.2.